The maximum atomic E-state index is 12.8. The molecule has 1 amide bonds. The van der Waals surface area contributed by atoms with E-state index in [9.17, 15) is 24.8 Å². The molecule has 31 heavy (non-hydrogen) atoms. The van der Waals surface area contributed by atoms with Gasteiger partial charge in [-0.1, -0.05) is 23.7 Å². The molecule has 1 fully saturated rings. The van der Waals surface area contributed by atoms with Gasteiger partial charge in [0, 0.05) is 29.3 Å². The normalized spacial score (nSPS) is 17.9. The molecule has 0 unspecified atom stereocenters. The number of aliphatic hydroxyl groups is 2. The molecule has 1 saturated heterocycles. The Balaban J connectivity index is 2.05. The van der Waals surface area contributed by atoms with Crippen LogP contribution in [-0.2, 0) is 14.3 Å². The number of amides is 1. The number of hydrogen-bond acceptors (Lipinski definition) is 7. The van der Waals surface area contributed by atoms with E-state index < -0.39 is 28.4 Å². The van der Waals surface area contributed by atoms with Gasteiger partial charge in [0.1, 0.15) is 5.76 Å². The quantitative estimate of drug-likeness (QED) is 0.159. The Kier molecular flexibility index (Phi) is 7.01. The van der Waals surface area contributed by atoms with Gasteiger partial charge in [0.05, 0.1) is 36.4 Å². The maximum absolute atomic E-state index is 12.8. The van der Waals surface area contributed by atoms with Crippen molar-refractivity contribution in [2.45, 2.75) is 6.04 Å². The number of rotatable bonds is 8. The van der Waals surface area contributed by atoms with Gasteiger partial charge < -0.3 is 19.8 Å². The number of hydrogen-bond donors (Lipinski definition) is 2. The van der Waals surface area contributed by atoms with Gasteiger partial charge in [-0.15, -0.1) is 0 Å². The van der Waals surface area contributed by atoms with Gasteiger partial charge in [0.15, 0.2) is 0 Å². The molecule has 0 aromatic heterocycles. The average Bonchev–Trinajstić information content (AvgIpc) is 3.01. The molecule has 1 aliphatic heterocycles. The smallest absolute Gasteiger partial charge is 0.295 e. The lowest BCUT2D eigenvalue weighted by atomic mass is 9.95. The van der Waals surface area contributed by atoms with Crippen LogP contribution in [0.2, 0.25) is 5.02 Å². The predicted octanol–water partition coefficient (Wildman–Crippen LogP) is 2.68. The van der Waals surface area contributed by atoms with E-state index in [1.54, 1.807) is 24.3 Å². The molecule has 2 aromatic carbocycles. The van der Waals surface area contributed by atoms with Gasteiger partial charge in [-0.25, -0.2) is 0 Å². The van der Waals surface area contributed by atoms with Gasteiger partial charge >= 0.3 is 0 Å². The Morgan fingerprint density at radius 2 is 1.74 bits per heavy atom. The SMILES string of the molecule is O=C1C(=O)N(CCOCCO)[C@H](c2ccc(Cl)cc2)/C1=C(\O)c1ccc([N+](=O)[O-])cc1. The number of ether oxygens (including phenoxy) is 1. The molecule has 2 aromatic rings. The van der Waals surface area contributed by atoms with E-state index in [1.807, 2.05) is 0 Å². The lowest BCUT2D eigenvalue weighted by Gasteiger charge is -2.25. The summed E-state index contributed by atoms with van der Waals surface area (Å²) >= 11 is 5.96. The summed E-state index contributed by atoms with van der Waals surface area (Å²) in [7, 11) is 0. The largest absolute Gasteiger partial charge is 0.507 e. The zero-order valence-corrected chi connectivity index (χ0v) is 17.0. The summed E-state index contributed by atoms with van der Waals surface area (Å²) in [4.78, 5) is 37.1. The highest BCUT2D eigenvalue weighted by atomic mass is 35.5. The predicted molar refractivity (Wildman–Crippen MR) is 111 cm³/mol. The first kappa shape index (κ1) is 22.4. The van der Waals surface area contributed by atoms with Gasteiger partial charge in [-0.2, -0.15) is 0 Å². The van der Waals surface area contributed by atoms with Crippen LogP contribution >= 0.6 is 11.6 Å². The van der Waals surface area contributed by atoms with E-state index in [0.29, 0.717) is 10.6 Å². The molecule has 0 spiro atoms. The van der Waals surface area contributed by atoms with Gasteiger partial charge in [-0.05, 0) is 29.8 Å². The lowest BCUT2D eigenvalue weighted by molar-refractivity contribution is -0.384. The molecule has 0 aliphatic carbocycles. The van der Waals surface area contributed by atoms with Crippen molar-refractivity contribution < 1.29 is 29.5 Å². The Morgan fingerprint density at radius 1 is 1.10 bits per heavy atom. The molecule has 1 atom stereocenters. The molecule has 1 aliphatic rings. The summed E-state index contributed by atoms with van der Waals surface area (Å²) in [5.74, 6) is -2.12. The topological polar surface area (TPSA) is 130 Å². The molecular formula is C21H19ClN2O7. The molecule has 3 rings (SSSR count). The molecule has 0 saturated carbocycles. The van der Waals surface area contributed by atoms with E-state index in [1.165, 1.54) is 29.2 Å². The monoisotopic (exact) mass is 446 g/mol. The number of benzene rings is 2. The van der Waals surface area contributed by atoms with Crippen molar-refractivity contribution in [2.75, 3.05) is 26.4 Å². The van der Waals surface area contributed by atoms with Crippen LogP contribution in [0.4, 0.5) is 5.69 Å². The van der Waals surface area contributed by atoms with Gasteiger partial charge in [-0.3, -0.25) is 19.7 Å². The van der Waals surface area contributed by atoms with E-state index in [-0.39, 0.29) is 43.2 Å². The second kappa shape index (κ2) is 9.69. The van der Waals surface area contributed by atoms with Gasteiger partial charge in [0.25, 0.3) is 17.4 Å². The highest BCUT2D eigenvalue weighted by molar-refractivity contribution is 6.46. The molecule has 162 valence electrons. The summed E-state index contributed by atoms with van der Waals surface area (Å²) in [5.41, 5.74) is 0.406. The average molecular weight is 447 g/mol. The van der Waals surface area contributed by atoms with Crippen molar-refractivity contribution in [3.05, 3.63) is 80.4 Å². The van der Waals surface area contributed by atoms with E-state index in [2.05, 4.69) is 0 Å². The highest BCUT2D eigenvalue weighted by Gasteiger charge is 2.45. The second-order valence-electron chi connectivity index (χ2n) is 6.68. The first-order valence-corrected chi connectivity index (χ1v) is 9.70. The minimum Gasteiger partial charge on any atom is -0.507 e. The number of nitro benzene ring substituents is 1. The van der Waals surface area contributed by atoms with Gasteiger partial charge in [0.2, 0.25) is 0 Å². The van der Waals surface area contributed by atoms with Crippen molar-refractivity contribution in [3.63, 3.8) is 0 Å². The summed E-state index contributed by atoms with van der Waals surface area (Å²) in [6.07, 6.45) is 0. The number of halogens is 1. The minimum atomic E-state index is -0.898. The maximum Gasteiger partial charge on any atom is 0.295 e. The van der Waals surface area contributed by atoms with Crippen molar-refractivity contribution in [3.8, 4) is 0 Å². The summed E-state index contributed by atoms with van der Waals surface area (Å²) in [6, 6.07) is 10.6. The Morgan fingerprint density at radius 3 is 2.32 bits per heavy atom. The molecule has 1 heterocycles. The first-order valence-electron chi connectivity index (χ1n) is 9.32. The molecule has 0 bridgehead atoms. The minimum absolute atomic E-state index is 0.0505. The van der Waals surface area contributed by atoms with Crippen LogP contribution in [0, 0.1) is 10.1 Å². The third-order valence-electron chi connectivity index (χ3n) is 4.79. The number of non-ortho nitro benzene ring substituents is 1. The highest BCUT2D eigenvalue weighted by Crippen LogP contribution is 2.39. The van der Waals surface area contributed by atoms with Crippen LogP contribution in [0.1, 0.15) is 17.2 Å². The number of ketones is 1. The van der Waals surface area contributed by atoms with E-state index in [4.69, 9.17) is 21.4 Å². The summed E-state index contributed by atoms with van der Waals surface area (Å²) in [5, 5.41) is 31.1. The van der Waals surface area contributed by atoms with E-state index >= 15 is 0 Å². The first-order chi connectivity index (χ1) is 14.8. The molecular weight excluding hydrogens is 428 g/mol. The number of carbonyl (C=O) groups is 2. The van der Waals surface area contributed by atoms with Crippen LogP contribution in [-0.4, -0.2) is 58.1 Å². The summed E-state index contributed by atoms with van der Waals surface area (Å²) in [6.45, 7) is 0.0298. The van der Waals surface area contributed by atoms with Crippen LogP contribution in [0.25, 0.3) is 5.76 Å². The Hall–Kier alpha value is -3.27. The number of nitrogens with zero attached hydrogens (tertiary/aromatic N) is 2. The number of Topliss-reactive ketones (excluding diaryl/α,β-unsaturated/α-hetero) is 1. The molecule has 9 nitrogen and oxygen atoms in total. The molecule has 10 heteroatoms. The standard InChI is InChI=1S/C21H19ClN2O7/c22-15-5-1-13(2-6-15)18-17(19(26)14-3-7-16(8-4-14)24(29)30)20(27)21(28)23(18)9-11-31-12-10-25/h1-8,18,25-26H,9-12H2/b19-17+/t18-/m1/s1. The van der Waals surface area contributed by atoms with Crippen LogP contribution in [0.5, 0.6) is 0 Å². The second-order valence-corrected chi connectivity index (χ2v) is 7.12. The zero-order chi connectivity index (χ0) is 22.5. The van der Waals surface area contributed by atoms with Crippen molar-refractivity contribution >= 4 is 34.7 Å². The van der Waals surface area contributed by atoms with Crippen molar-refractivity contribution in [2.24, 2.45) is 0 Å². The molecule has 2 N–H and O–H groups in total. The number of aliphatic hydroxyl groups excluding tert-OH is 2. The fraction of sp³-hybridized carbons (Fsp3) is 0.238. The lowest BCUT2D eigenvalue weighted by Crippen LogP contribution is -2.33. The number of carbonyl (C=O) groups excluding carboxylic acids is 2. The van der Waals surface area contributed by atoms with Crippen molar-refractivity contribution in [1.82, 2.24) is 4.90 Å². The van der Waals surface area contributed by atoms with Crippen LogP contribution in [0.3, 0.4) is 0 Å². The molecule has 0 radical (unpaired) electrons. The summed E-state index contributed by atoms with van der Waals surface area (Å²) < 4.78 is 5.23. The van der Waals surface area contributed by atoms with Crippen molar-refractivity contribution in [1.29, 1.82) is 0 Å². The fourth-order valence-corrected chi connectivity index (χ4v) is 3.45. The third-order valence-corrected chi connectivity index (χ3v) is 5.04. The Bertz CT molecular complexity index is 1020. The third kappa shape index (κ3) is 4.74. The fourth-order valence-electron chi connectivity index (χ4n) is 3.33. The van der Waals surface area contributed by atoms with Crippen LogP contribution in [0.15, 0.2) is 54.1 Å². The zero-order valence-electron chi connectivity index (χ0n) is 16.2. The van der Waals surface area contributed by atoms with E-state index in [0.717, 1.165) is 0 Å². The number of likely N-dealkylation sites (tertiary alicyclic amines) is 1. The number of nitro groups is 1. The Labute approximate surface area is 182 Å². The van der Waals surface area contributed by atoms with Crippen LogP contribution < -0.4 is 0 Å².